The summed E-state index contributed by atoms with van der Waals surface area (Å²) in [5, 5.41) is 16.0. The van der Waals surface area contributed by atoms with E-state index < -0.39 is 0 Å². The molecule has 124 valence electrons. The van der Waals surface area contributed by atoms with Crippen LogP contribution in [-0.4, -0.2) is 39.1 Å². The SMILES string of the molecule is O[C@@H]1C[C@H]2CN(c3nccc4occc34)C[C@H]2C[C@H]1n1cccn1. The highest BCUT2D eigenvalue weighted by Gasteiger charge is 2.43. The minimum atomic E-state index is -0.330. The molecule has 1 aliphatic heterocycles. The fourth-order valence-corrected chi connectivity index (χ4v) is 4.47. The molecular formula is C18H20N4O2. The average molecular weight is 324 g/mol. The normalized spacial score (nSPS) is 30.0. The molecule has 1 N–H and O–H groups in total. The van der Waals surface area contributed by atoms with Gasteiger partial charge in [-0.05, 0) is 42.9 Å². The van der Waals surface area contributed by atoms with E-state index in [0.29, 0.717) is 11.8 Å². The number of rotatable bonds is 2. The molecule has 4 heterocycles. The summed E-state index contributed by atoms with van der Waals surface area (Å²) < 4.78 is 7.42. The molecule has 0 spiro atoms. The van der Waals surface area contributed by atoms with Crippen molar-refractivity contribution in [1.29, 1.82) is 0 Å². The van der Waals surface area contributed by atoms with Gasteiger partial charge in [0.2, 0.25) is 0 Å². The molecule has 2 fully saturated rings. The van der Waals surface area contributed by atoms with E-state index in [0.717, 1.165) is 42.7 Å². The highest BCUT2D eigenvalue weighted by atomic mass is 16.3. The predicted molar refractivity (Wildman–Crippen MR) is 89.7 cm³/mol. The predicted octanol–water partition coefficient (Wildman–Crippen LogP) is 2.47. The second-order valence-corrected chi connectivity index (χ2v) is 6.98. The molecule has 1 aliphatic carbocycles. The van der Waals surface area contributed by atoms with Gasteiger partial charge in [0.15, 0.2) is 0 Å². The number of aromatic nitrogens is 3. The number of fused-ring (bicyclic) bond motifs is 2. The highest BCUT2D eigenvalue weighted by molar-refractivity contribution is 5.88. The maximum absolute atomic E-state index is 10.6. The first kappa shape index (κ1) is 14.0. The van der Waals surface area contributed by atoms with Crippen LogP contribution in [-0.2, 0) is 0 Å². The molecule has 3 aromatic heterocycles. The molecule has 6 heteroatoms. The van der Waals surface area contributed by atoms with Gasteiger partial charge in [0.1, 0.15) is 11.4 Å². The zero-order chi connectivity index (χ0) is 16.1. The van der Waals surface area contributed by atoms with Crippen LogP contribution in [0, 0.1) is 11.8 Å². The summed E-state index contributed by atoms with van der Waals surface area (Å²) in [5.41, 5.74) is 0.879. The van der Waals surface area contributed by atoms with Crippen LogP contribution in [0.25, 0.3) is 11.0 Å². The molecular weight excluding hydrogens is 304 g/mol. The Morgan fingerprint density at radius 3 is 2.83 bits per heavy atom. The van der Waals surface area contributed by atoms with Crippen molar-refractivity contribution in [3.8, 4) is 0 Å². The molecule has 6 nitrogen and oxygen atoms in total. The van der Waals surface area contributed by atoms with Crippen molar-refractivity contribution in [3.63, 3.8) is 0 Å². The van der Waals surface area contributed by atoms with Gasteiger partial charge in [-0.1, -0.05) is 0 Å². The summed E-state index contributed by atoms with van der Waals surface area (Å²) in [4.78, 5) is 6.95. The van der Waals surface area contributed by atoms with Gasteiger partial charge in [-0.3, -0.25) is 4.68 Å². The van der Waals surface area contributed by atoms with Crippen molar-refractivity contribution in [2.24, 2.45) is 11.8 Å². The smallest absolute Gasteiger partial charge is 0.139 e. The fraction of sp³-hybridized carbons (Fsp3) is 0.444. The molecule has 5 rings (SSSR count). The number of pyridine rings is 1. The third-order valence-corrected chi connectivity index (χ3v) is 5.63. The Kier molecular flexibility index (Phi) is 3.13. The standard InChI is InChI=1S/C18H20N4O2/c23-16-9-13-11-21(18-14-3-7-24-17(14)2-5-19-18)10-12(13)8-15(16)22-6-1-4-20-22/h1-7,12-13,15-16,23H,8-11H2/t12-,13+,15-,16-/m1/s1. The van der Waals surface area contributed by atoms with Crippen LogP contribution in [0.3, 0.4) is 0 Å². The van der Waals surface area contributed by atoms with Crippen molar-refractivity contribution in [2.45, 2.75) is 25.0 Å². The lowest BCUT2D eigenvalue weighted by Crippen LogP contribution is -2.36. The third-order valence-electron chi connectivity index (χ3n) is 5.63. The van der Waals surface area contributed by atoms with Gasteiger partial charge in [0.25, 0.3) is 0 Å². The van der Waals surface area contributed by atoms with Crippen molar-refractivity contribution in [1.82, 2.24) is 14.8 Å². The number of anilines is 1. The Labute approximate surface area is 139 Å². The molecule has 0 bridgehead atoms. The molecule has 0 amide bonds. The fourth-order valence-electron chi connectivity index (χ4n) is 4.47. The minimum Gasteiger partial charge on any atom is -0.464 e. The van der Waals surface area contributed by atoms with Crippen LogP contribution in [0.4, 0.5) is 5.82 Å². The van der Waals surface area contributed by atoms with Crippen molar-refractivity contribution in [2.75, 3.05) is 18.0 Å². The molecule has 2 aliphatic rings. The van der Waals surface area contributed by atoms with E-state index >= 15 is 0 Å². The quantitative estimate of drug-likeness (QED) is 0.784. The summed E-state index contributed by atoms with van der Waals surface area (Å²) in [6.45, 7) is 1.93. The lowest BCUT2D eigenvalue weighted by molar-refractivity contribution is 0.0306. The number of hydrogen-bond donors (Lipinski definition) is 1. The number of aliphatic hydroxyl groups is 1. The van der Waals surface area contributed by atoms with Crippen LogP contribution in [0.5, 0.6) is 0 Å². The molecule has 3 aromatic rings. The summed E-state index contributed by atoms with van der Waals surface area (Å²) in [5.74, 6) is 2.07. The summed E-state index contributed by atoms with van der Waals surface area (Å²) in [7, 11) is 0. The van der Waals surface area contributed by atoms with Crippen molar-refractivity contribution >= 4 is 16.8 Å². The Bertz CT molecular complexity index is 844. The van der Waals surface area contributed by atoms with Crippen LogP contribution in [0.2, 0.25) is 0 Å². The van der Waals surface area contributed by atoms with Gasteiger partial charge >= 0.3 is 0 Å². The molecule has 0 aromatic carbocycles. The van der Waals surface area contributed by atoms with Crippen LogP contribution >= 0.6 is 0 Å². The first-order chi connectivity index (χ1) is 11.8. The molecule has 1 saturated heterocycles. The zero-order valence-corrected chi connectivity index (χ0v) is 13.3. The number of hydrogen-bond acceptors (Lipinski definition) is 5. The molecule has 0 unspecified atom stereocenters. The average Bonchev–Trinajstić information content (AvgIpc) is 3.32. The zero-order valence-electron chi connectivity index (χ0n) is 13.3. The Balaban J connectivity index is 1.41. The number of aliphatic hydroxyl groups excluding tert-OH is 1. The second-order valence-electron chi connectivity index (χ2n) is 6.98. The summed E-state index contributed by atoms with van der Waals surface area (Å²) in [6, 6.07) is 5.89. The number of nitrogens with zero attached hydrogens (tertiary/aromatic N) is 4. The van der Waals surface area contributed by atoms with Gasteiger partial charge in [-0.15, -0.1) is 0 Å². The second kappa shape index (κ2) is 5.34. The minimum absolute atomic E-state index is 0.0823. The molecule has 24 heavy (non-hydrogen) atoms. The Morgan fingerprint density at radius 2 is 2.00 bits per heavy atom. The first-order valence-corrected chi connectivity index (χ1v) is 8.54. The Hall–Kier alpha value is -2.34. The first-order valence-electron chi connectivity index (χ1n) is 8.54. The van der Waals surface area contributed by atoms with E-state index in [1.54, 1.807) is 12.5 Å². The van der Waals surface area contributed by atoms with E-state index in [2.05, 4.69) is 15.0 Å². The largest absolute Gasteiger partial charge is 0.464 e. The van der Waals surface area contributed by atoms with Gasteiger partial charge in [0.05, 0.1) is 23.8 Å². The van der Waals surface area contributed by atoms with E-state index in [1.807, 2.05) is 35.3 Å². The summed E-state index contributed by atoms with van der Waals surface area (Å²) in [6.07, 6.45) is 8.72. The maximum Gasteiger partial charge on any atom is 0.139 e. The lowest BCUT2D eigenvalue weighted by atomic mass is 9.77. The van der Waals surface area contributed by atoms with E-state index in [4.69, 9.17) is 4.42 Å². The van der Waals surface area contributed by atoms with Gasteiger partial charge in [-0.2, -0.15) is 5.10 Å². The van der Waals surface area contributed by atoms with Crippen LogP contribution in [0.15, 0.2) is 47.5 Å². The highest BCUT2D eigenvalue weighted by Crippen LogP contribution is 2.43. The monoisotopic (exact) mass is 324 g/mol. The molecule has 1 saturated carbocycles. The van der Waals surface area contributed by atoms with Crippen molar-refractivity contribution in [3.05, 3.63) is 43.1 Å². The third kappa shape index (κ3) is 2.13. The topological polar surface area (TPSA) is 67.3 Å². The Morgan fingerprint density at radius 1 is 1.12 bits per heavy atom. The number of furan rings is 1. The summed E-state index contributed by atoms with van der Waals surface area (Å²) >= 11 is 0. The lowest BCUT2D eigenvalue weighted by Gasteiger charge is -2.35. The van der Waals surface area contributed by atoms with Gasteiger partial charge < -0.3 is 14.4 Å². The maximum atomic E-state index is 10.6. The van der Waals surface area contributed by atoms with E-state index in [-0.39, 0.29) is 12.1 Å². The van der Waals surface area contributed by atoms with E-state index in [1.165, 1.54) is 0 Å². The van der Waals surface area contributed by atoms with Crippen LogP contribution < -0.4 is 4.90 Å². The van der Waals surface area contributed by atoms with Crippen molar-refractivity contribution < 1.29 is 9.52 Å². The van der Waals surface area contributed by atoms with Crippen LogP contribution in [0.1, 0.15) is 18.9 Å². The van der Waals surface area contributed by atoms with E-state index in [9.17, 15) is 5.11 Å². The molecule has 0 radical (unpaired) electrons. The van der Waals surface area contributed by atoms with Gasteiger partial charge in [-0.25, -0.2) is 4.98 Å². The van der Waals surface area contributed by atoms with Gasteiger partial charge in [0, 0.05) is 31.7 Å². The molecule has 4 atom stereocenters.